The van der Waals surface area contributed by atoms with Crippen LogP contribution in [0.15, 0.2) is 53.4 Å². The van der Waals surface area contributed by atoms with E-state index in [9.17, 15) is 13.2 Å². The summed E-state index contributed by atoms with van der Waals surface area (Å²) < 4.78 is 28.9. The van der Waals surface area contributed by atoms with Gasteiger partial charge in [-0.2, -0.15) is 4.31 Å². The number of sulfonamides is 1. The molecule has 0 radical (unpaired) electrons. The van der Waals surface area contributed by atoms with E-state index in [1.54, 1.807) is 12.1 Å². The van der Waals surface area contributed by atoms with Crippen molar-refractivity contribution in [2.75, 3.05) is 6.54 Å². The first-order valence-corrected chi connectivity index (χ1v) is 10.3. The molecule has 0 spiro atoms. The number of benzene rings is 2. The Morgan fingerprint density at radius 1 is 1.12 bits per heavy atom. The van der Waals surface area contributed by atoms with Crippen LogP contribution < -0.4 is 0 Å². The molecule has 0 saturated carbocycles. The van der Waals surface area contributed by atoms with Gasteiger partial charge in [-0.3, -0.25) is 4.79 Å². The van der Waals surface area contributed by atoms with Crippen LogP contribution in [0.1, 0.15) is 34.2 Å². The maximum atomic E-state index is 13.2. The molecule has 1 fully saturated rings. The van der Waals surface area contributed by atoms with E-state index < -0.39 is 10.0 Å². The number of nitrogens with zero attached hydrogens (tertiary/aromatic N) is 2. The van der Waals surface area contributed by atoms with Gasteiger partial charge in [-0.05, 0) is 31.0 Å². The minimum absolute atomic E-state index is 0.0676. The number of hydrogen-bond donors (Lipinski definition) is 0. The van der Waals surface area contributed by atoms with E-state index in [4.69, 9.17) is 0 Å². The highest BCUT2D eigenvalue weighted by atomic mass is 32.2. The van der Waals surface area contributed by atoms with Crippen molar-refractivity contribution in [3.63, 3.8) is 0 Å². The predicted molar refractivity (Wildman–Crippen MR) is 97.3 cm³/mol. The summed E-state index contributed by atoms with van der Waals surface area (Å²) in [7, 11) is -3.75. The molecular formula is C18H16N2O3S2. The minimum atomic E-state index is -3.75. The molecule has 5 nitrogen and oxygen atoms in total. The van der Waals surface area contributed by atoms with E-state index in [0.717, 1.165) is 28.1 Å². The summed E-state index contributed by atoms with van der Waals surface area (Å²) >= 11 is 1.53. The third kappa shape index (κ3) is 2.78. The van der Waals surface area contributed by atoms with Crippen molar-refractivity contribution in [3.05, 3.63) is 59.1 Å². The molecule has 2 aromatic carbocycles. The van der Waals surface area contributed by atoms with Crippen LogP contribution in [0.25, 0.3) is 10.2 Å². The Bertz CT molecular complexity index is 1010. The molecule has 0 bridgehead atoms. The number of carbonyl (C=O) groups is 1. The van der Waals surface area contributed by atoms with Gasteiger partial charge < -0.3 is 0 Å². The Balaban J connectivity index is 1.77. The quantitative estimate of drug-likeness (QED) is 0.656. The van der Waals surface area contributed by atoms with E-state index in [0.29, 0.717) is 12.8 Å². The van der Waals surface area contributed by atoms with Gasteiger partial charge >= 0.3 is 0 Å². The molecule has 1 saturated heterocycles. The maximum absolute atomic E-state index is 13.2. The lowest BCUT2D eigenvalue weighted by atomic mass is 10.2. The van der Waals surface area contributed by atoms with Crippen molar-refractivity contribution in [1.82, 2.24) is 9.29 Å². The molecule has 25 heavy (non-hydrogen) atoms. The average molecular weight is 372 g/mol. The summed E-state index contributed by atoms with van der Waals surface area (Å²) in [6, 6.07) is 13.9. The second-order valence-electron chi connectivity index (χ2n) is 5.95. The van der Waals surface area contributed by atoms with E-state index in [1.807, 2.05) is 24.3 Å². The van der Waals surface area contributed by atoms with Crippen molar-refractivity contribution in [3.8, 4) is 0 Å². The smallest absolute Gasteiger partial charge is 0.244 e. The largest absolute Gasteiger partial charge is 0.298 e. The van der Waals surface area contributed by atoms with Gasteiger partial charge in [0.25, 0.3) is 0 Å². The van der Waals surface area contributed by atoms with Gasteiger partial charge in [-0.25, -0.2) is 13.4 Å². The monoisotopic (exact) mass is 372 g/mol. The van der Waals surface area contributed by atoms with Crippen molar-refractivity contribution < 1.29 is 13.2 Å². The Morgan fingerprint density at radius 2 is 1.88 bits per heavy atom. The fourth-order valence-electron chi connectivity index (χ4n) is 3.25. The Kier molecular flexibility index (Phi) is 4.15. The Hall–Kier alpha value is -2.09. The Morgan fingerprint density at radius 3 is 2.68 bits per heavy atom. The summed E-state index contributed by atoms with van der Waals surface area (Å²) in [5, 5.41) is 0.811. The van der Waals surface area contributed by atoms with E-state index in [2.05, 4.69) is 4.98 Å². The van der Waals surface area contributed by atoms with Crippen molar-refractivity contribution in [2.45, 2.75) is 23.8 Å². The van der Waals surface area contributed by atoms with Crippen molar-refractivity contribution in [2.24, 2.45) is 0 Å². The zero-order valence-electron chi connectivity index (χ0n) is 13.3. The van der Waals surface area contributed by atoms with Gasteiger partial charge in [0, 0.05) is 12.1 Å². The average Bonchev–Trinajstić information content (AvgIpc) is 3.28. The van der Waals surface area contributed by atoms with Crippen LogP contribution in [0.3, 0.4) is 0 Å². The third-order valence-corrected chi connectivity index (χ3v) is 7.55. The van der Waals surface area contributed by atoms with E-state index >= 15 is 0 Å². The van der Waals surface area contributed by atoms with Crippen LogP contribution >= 0.6 is 11.3 Å². The molecule has 0 amide bonds. The highest BCUT2D eigenvalue weighted by molar-refractivity contribution is 7.89. The van der Waals surface area contributed by atoms with Gasteiger partial charge in [-0.1, -0.05) is 30.3 Å². The molecule has 1 atom stereocenters. The number of para-hydroxylation sites is 1. The predicted octanol–water partition coefficient (Wildman–Crippen LogP) is 3.63. The molecular weight excluding hydrogens is 356 g/mol. The fraction of sp³-hybridized carbons (Fsp3) is 0.222. The Labute approximate surface area is 150 Å². The first kappa shape index (κ1) is 16.4. The second kappa shape index (κ2) is 6.33. The van der Waals surface area contributed by atoms with E-state index in [-0.39, 0.29) is 16.5 Å². The lowest BCUT2D eigenvalue weighted by Crippen LogP contribution is -2.31. The number of thiazole rings is 1. The fourth-order valence-corrected chi connectivity index (χ4v) is 6.26. The van der Waals surface area contributed by atoms with Crippen LogP contribution in [-0.2, 0) is 10.0 Å². The molecule has 4 rings (SSSR count). The molecule has 1 aliphatic heterocycles. The van der Waals surface area contributed by atoms with Crippen LogP contribution in [0, 0.1) is 0 Å². The zero-order chi connectivity index (χ0) is 17.4. The molecule has 128 valence electrons. The standard InChI is InChI=1S/C18H16N2O3S2/c21-12-13-6-1-4-10-17(13)25(22,23)20-11-5-8-15(20)18-19-14-7-2-3-9-16(14)24-18/h1-4,6-7,9-10,12,15H,5,8,11H2. The van der Waals surface area contributed by atoms with E-state index in [1.165, 1.54) is 27.8 Å². The van der Waals surface area contributed by atoms with Gasteiger partial charge in [0.05, 0.1) is 21.2 Å². The lowest BCUT2D eigenvalue weighted by Gasteiger charge is -2.23. The molecule has 1 aromatic heterocycles. The van der Waals surface area contributed by atoms with Gasteiger partial charge in [0.15, 0.2) is 6.29 Å². The van der Waals surface area contributed by atoms with Crippen LogP contribution in [0.5, 0.6) is 0 Å². The molecule has 3 aromatic rings. The third-order valence-electron chi connectivity index (χ3n) is 4.43. The minimum Gasteiger partial charge on any atom is -0.298 e. The van der Waals surface area contributed by atoms with Crippen LogP contribution in [0.4, 0.5) is 0 Å². The molecule has 0 N–H and O–H groups in total. The SMILES string of the molecule is O=Cc1ccccc1S(=O)(=O)N1CCCC1c1nc2ccccc2s1. The van der Waals surface area contributed by atoms with Gasteiger partial charge in [0.2, 0.25) is 10.0 Å². The van der Waals surface area contributed by atoms with Gasteiger partial charge in [-0.15, -0.1) is 11.3 Å². The summed E-state index contributed by atoms with van der Waals surface area (Å²) in [6.45, 7) is 0.441. The number of aromatic nitrogens is 1. The molecule has 1 unspecified atom stereocenters. The normalized spacial score (nSPS) is 18.6. The lowest BCUT2D eigenvalue weighted by molar-refractivity contribution is 0.112. The molecule has 7 heteroatoms. The zero-order valence-corrected chi connectivity index (χ0v) is 15.0. The van der Waals surface area contributed by atoms with Crippen LogP contribution in [0.2, 0.25) is 0 Å². The van der Waals surface area contributed by atoms with Crippen LogP contribution in [-0.4, -0.2) is 30.5 Å². The summed E-state index contributed by atoms with van der Waals surface area (Å²) in [5.74, 6) is 0. The molecule has 2 heterocycles. The van der Waals surface area contributed by atoms with Gasteiger partial charge in [0.1, 0.15) is 5.01 Å². The summed E-state index contributed by atoms with van der Waals surface area (Å²) in [6.07, 6.45) is 2.11. The topological polar surface area (TPSA) is 67.3 Å². The highest BCUT2D eigenvalue weighted by Crippen LogP contribution is 2.39. The molecule has 0 aliphatic carbocycles. The second-order valence-corrected chi connectivity index (χ2v) is 8.87. The summed E-state index contributed by atoms with van der Waals surface area (Å²) in [4.78, 5) is 16.0. The number of hydrogen-bond acceptors (Lipinski definition) is 5. The number of carbonyl (C=O) groups excluding carboxylic acids is 1. The maximum Gasteiger partial charge on any atom is 0.244 e. The first-order chi connectivity index (χ1) is 12.1. The number of fused-ring (bicyclic) bond motifs is 1. The number of aldehydes is 1. The van der Waals surface area contributed by atoms with Crippen molar-refractivity contribution in [1.29, 1.82) is 0 Å². The first-order valence-electron chi connectivity index (χ1n) is 8.03. The highest BCUT2D eigenvalue weighted by Gasteiger charge is 2.38. The van der Waals surface area contributed by atoms with Crippen molar-refractivity contribution >= 4 is 37.9 Å². The number of rotatable bonds is 4. The summed E-state index contributed by atoms with van der Waals surface area (Å²) in [5.41, 5.74) is 1.08. The molecule has 1 aliphatic rings.